The second-order valence-corrected chi connectivity index (χ2v) is 7.39. The van der Waals surface area contributed by atoms with Crippen molar-refractivity contribution in [1.82, 2.24) is 9.88 Å². The van der Waals surface area contributed by atoms with E-state index in [1.54, 1.807) is 12.3 Å². The Balaban J connectivity index is 1.41. The van der Waals surface area contributed by atoms with Crippen LogP contribution in [0, 0.1) is 6.92 Å². The SMILES string of the molecule is Cc1ccccc1OCCCC(=O)N1CCN(c2ncc(Cl)cc2Cl)CC1. The minimum atomic E-state index is 0.165. The van der Waals surface area contributed by atoms with Gasteiger partial charge in [0.25, 0.3) is 0 Å². The van der Waals surface area contributed by atoms with Crippen LogP contribution >= 0.6 is 23.2 Å². The number of nitrogens with zero attached hydrogens (tertiary/aromatic N) is 3. The summed E-state index contributed by atoms with van der Waals surface area (Å²) in [6.07, 6.45) is 2.79. The van der Waals surface area contributed by atoms with E-state index in [0.29, 0.717) is 55.7 Å². The van der Waals surface area contributed by atoms with Gasteiger partial charge in [-0.3, -0.25) is 4.79 Å². The first-order chi connectivity index (χ1) is 13.0. The average molecular weight is 408 g/mol. The second kappa shape index (κ2) is 9.29. The molecule has 1 fully saturated rings. The van der Waals surface area contributed by atoms with E-state index < -0.39 is 0 Å². The first-order valence-electron chi connectivity index (χ1n) is 9.07. The van der Waals surface area contributed by atoms with Gasteiger partial charge in [-0.25, -0.2) is 4.98 Å². The minimum absolute atomic E-state index is 0.165. The molecule has 1 amide bonds. The quantitative estimate of drug-likeness (QED) is 0.672. The van der Waals surface area contributed by atoms with Gasteiger partial charge in [-0.15, -0.1) is 0 Å². The number of piperazine rings is 1. The lowest BCUT2D eigenvalue weighted by Crippen LogP contribution is -2.49. The highest BCUT2D eigenvalue weighted by Crippen LogP contribution is 2.26. The molecule has 27 heavy (non-hydrogen) atoms. The lowest BCUT2D eigenvalue weighted by atomic mass is 10.2. The van der Waals surface area contributed by atoms with Crippen molar-refractivity contribution in [1.29, 1.82) is 0 Å². The highest BCUT2D eigenvalue weighted by atomic mass is 35.5. The predicted molar refractivity (Wildman–Crippen MR) is 109 cm³/mol. The van der Waals surface area contributed by atoms with Crippen LogP contribution in [0.25, 0.3) is 0 Å². The molecule has 2 heterocycles. The fraction of sp³-hybridized carbons (Fsp3) is 0.400. The van der Waals surface area contributed by atoms with Gasteiger partial charge in [0.2, 0.25) is 5.91 Å². The number of anilines is 1. The van der Waals surface area contributed by atoms with E-state index in [4.69, 9.17) is 27.9 Å². The molecule has 1 aromatic carbocycles. The molecule has 0 radical (unpaired) electrons. The zero-order chi connectivity index (χ0) is 19.2. The summed E-state index contributed by atoms with van der Waals surface area (Å²) in [7, 11) is 0. The number of halogens is 2. The van der Waals surface area contributed by atoms with Gasteiger partial charge in [-0.2, -0.15) is 0 Å². The molecule has 2 aromatic rings. The van der Waals surface area contributed by atoms with Crippen molar-refractivity contribution in [2.24, 2.45) is 0 Å². The normalized spacial score (nSPS) is 14.3. The van der Waals surface area contributed by atoms with E-state index in [1.807, 2.05) is 36.1 Å². The van der Waals surface area contributed by atoms with Gasteiger partial charge >= 0.3 is 0 Å². The van der Waals surface area contributed by atoms with Gasteiger partial charge in [0.05, 0.1) is 16.7 Å². The number of aryl methyl sites for hydroxylation is 1. The lowest BCUT2D eigenvalue weighted by Gasteiger charge is -2.35. The molecular formula is C20H23Cl2N3O2. The summed E-state index contributed by atoms with van der Waals surface area (Å²) < 4.78 is 5.76. The molecule has 1 aliphatic rings. The smallest absolute Gasteiger partial charge is 0.222 e. The van der Waals surface area contributed by atoms with Gasteiger partial charge in [0.15, 0.2) is 0 Å². The zero-order valence-electron chi connectivity index (χ0n) is 15.3. The Morgan fingerprint density at radius 1 is 1.19 bits per heavy atom. The largest absolute Gasteiger partial charge is 0.493 e. The monoisotopic (exact) mass is 407 g/mol. The Labute approximate surface area is 169 Å². The van der Waals surface area contributed by atoms with E-state index in [1.165, 1.54) is 0 Å². The van der Waals surface area contributed by atoms with Crippen LogP contribution in [-0.2, 0) is 4.79 Å². The molecule has 0 N–H and O–H groups in total. The van der Waals surface area contributed by atoms with Gasteiger partial charge in [0.1, 0.15) is 11.6 Å². The van der Waals surface area contributed by atoms with Gasteiger partial charge in [0, 0.05) is 38.8 Å². The van der Waals surface area contributed by atoms with Crippen LogP contribution in [0.15, 0.2) is 36.5 Å². The van der Waals surface area contributed by atoms with Crippen molar-refractivity contribution in [3.8, 4) is 5.75 Å². The molecule has 3 rings (SSSR count). The maximum Gasteiger partial charge on any atom is 0.222 e. The maximum absolute atomic E-state index is 12.4. The van der Waals surface area contributed by atoms with E-state index in [2.05, 4.69) is 9.88 Å². The zero-order valence-corrected chi connectivity index (χ0v) is 16.8. The third kappa shape index (κ3) is 5.27. The van der Waals surface area contributed by atoms with Crippen LogP contribution < -0.4 is 9.64 Å². The average Bonchev–Trinajstić information content (AvgIpc) is 2.66. The molecule has 1 aromatic heterocycles. The highest BCUT2D eigenvalue weighted by Gasteiger charge is 2.23. The Hall–Kier alpha value is -1.98. The fourth-order valence-electron chi connectivity index (χ4n) is 3.09. The summed E-state index contributed by atoms with van der Waals surface area (Å²) in [5, 5.41) is 1.06. The Bertz CT molecular complexity index is 793. The van der Waals surface area contributed by atoms with Crippen LogP contribution in [0.5, 0.6) is 5.75 Å². The van der Waals surface area contributed by atoms with Crippen LogP contribution in [0.3, 0.4) is 0 Å². The molecule has 7 heteroatoms. The number of pyridine rings is 1. The number of carbonyl (C=O) groups is 1. The number of hydrogen-bond donors (Lipinski definition) is 0. The summed E-state index contributed by atoms with van der Waals surface area (Å²) >= 11 is 12.1. The predicted octanol–water partition coefficient (Wildman–Crippen LogP) is 4.20. The molecule has 0 atom stereocenters. The molecule has 144 valence electrons. The number of aromatic nitrogens is 1. The number of benzene rings is 1. The van der Waals surface area contributed by atoms with Crippen LogP contribution in [0.2, 0.25) is 10.0 Å². The second-order valence-electron chi connectivity index (χ2n) is 6.54. The minimum Gasteiger partial charge on any atom is -0.493 e. The van der Waals surface area contributed by atoms with Crippen LogP contribution in [0.4, 0.5) is 5.82 Å². The molecule has 0 unspecified atom stereocenters. The Kier molecular flexibility index (Phi) is 6.80. The Morgan fingerprint density at radius 2 is 1.93 bits per heavy atom. The fourth-order valence-corrected chi connectivity index (χ4v) is 3.59. The third-order valence-corrected chi connectivity index (χ3v) is 5.09. The molecular weight excluding hydrogens is 385 g/mol. The number of carbonyl (C=O) groups excluding carboxylic acids is 1. The molecule has 5 nitrogen and oxygen atoms in total. The van der Waals surface area contributed by atoms with E-state index in [-0.39, 0.29) is 5.91 Å². The summed E-state index contributed by atoms with van der Waals surface area (Å²) in [5.41, 5.74) is 1.11. The molecule has 0 aliphatic carbocycles. The van der Waals surface area contributed by atoms with Crippen molar-refractivity contribution in [3.63, 3.8) is 0 Å². The molecule has 1 saturated heterocycles. The van der Waals surface area contributed by atoms with E-state index in [9.17, 15) is 4.79 Å². The first-order valence-corrected chi connectivity index (χ1v) is 9.82. The van der Waals surface area contributed by atoms with Gasteiger partial charge in [-0.1, -0.05) is 41.4 Å². The van der Waals surface area contributed by atoms with Crippen LogP contribution in [0.1, 0.15) is 18.4 Å². The molecule has 1 aliphatic heterocycles. The van der Waals surface area contributed by atoms with E-state index >= 15 is 0 Å². The number of hydrogen-bond acceptors (Lipinski definition) is 4. The summed E-state index contributed by atoms with van der Waals surface area (Å²) in [6.45, 7) is 5.30. The van der Waals surface area contributed by atoms with Gasteiger partial charge in [-0.05, 0) is 31.0 Å². The van der Waals surface area contributed by atoms with Crippen molar-refractivity contribution < 1.29 is 9.53 Å². The Morgan fingerprint density at radius 3 is 2.63 bits per heavy atom. The number of rotatable bonds is 6. The standard InChI is InChI=1S/C20H23Cl2N3O2/c1-15-5-2-3-6-18(15)27-12-4-7-19(26)24-8-10-25(11-9-24)20-17(22)13-16(21)14-23-20/h2-3,5-6,13-14H,4,7-12H2,1H3. The highest BCUT2D eigenvalue weighted by molar-refractivity contribution is 6.36. The molecule has 0 saturated carbocycles. The van der Waals surface area contributed by atoms with Crippen molar-refractivity contribution in [2.75, 3.05) is 37.7 Å². The number of ether oxygens (including phenoxy) is 1. The van der Waals surface area contributed by atoms with Gasteiger partial charge < -0.3 is 14.5 Å². The number of para-hydroxylation sites is 1. The van der Waals surface area contributed by atoms with Crippen molar-refractivity contribution in [2.45, 2.75) is 19.8 Å². The lowest BCUT2D eigenvalue weighted by molar-refractivity contribution is -0.131. The van der Waals surface area contributed by atoms with Crippen molar-refractivity contribution >= 4 is 34.9 Å². The molecule has 0 spiro atoms. The summed E-state index contributed by atoms with van der Waals surface area (Å²) in [4.78, 5) is 20.7. The third-order valence-electron chi connectivity index (χ3n) is 4.61. The first kappa shape index (κ1) is 19.8. The topological polar surface area (TPSA) is 45.7 Å². The molecule has 0 bridgehead atoms. The van der Waals surface area contributed by atoms with Crippen LogP contribution in [-0.4, -0.2) is 48.6 Å². The maximum atomic E-state index is 12.4. The van der Waals surface area contributed by atoms with Crippen molar-refractivity contribution in [3.05, 3.63) is 52.1 Å². The number of amides is 1. The summed E-state index contributed by atoms with van der Waals surface area (Å²) in [6, 6.07) is 9.60. The summed E-state index contributed by atoms with van der Waals surface area (Å²) in [5.74, 6) is 1.77. The van der Waals surface area contributed by atoms with E-state index in [0.717, 1.165) is 17.1 Å².